The predicted molar refractivity (Wildman–Crippen MR) is 112 cm³/mol. The van der Waals surface area contributed by atoms with Crippen molar-refractivity contribution in [2.45, 2.75) is 19.8 Å². The second-order valence-corrected chi connectivity index (χ2v) is 7.25. The fourth-order valence-electron chi connectivity index (χ4n) is 3.69. The molecule has 1 aromatic carbocycles. The molecule has 0 radical (unpaired) electrons. The number of nitrogens with one attached hydrogen (secondary N) is 1. The molecule has 152 valence electrons. The van der Waals surface area contributed by atoms with E-state index in [-0.39, 0.29) is 12.6 Å². The topological polar surface area (TPSA) is 117 Å². The first-order valence-electron chi connectivity index (χ1n) is 9.88. The van der Waals surface area contributed by atoms with Gasteiger partial charge < -0.3 is 25.5 Å². The Morgan fingerprint density at radius 2 is 2.00 bits per heavy atom. The average molecular weight is 395 g/mol. The van der Waals surface area contributed by atoms with Crippen molar-refractivity contribution < 1.29 is 14.6 Å². The van der Waals surface area contributed by atoms with Gasteiger partial charge in [-0.05, 0) is 37.8 Å². The molecule has 0 amide bonds. The number of rotatable bonds is 5. The fourth-order valence-corrected chi connectivity index (χ4v) is 3.69. The summed E-state index contributed by atoms with van der Waals surface area (Å²) in [7, 11) is 0. The van der Waals surface area contributed by atoms with Crippen LogP contribution in [0, 0.1) is 5.92 Å². The van der Waals surface area contributed by atoms with Gasteiger partial charge in [-0.3, -0.25) is 0 Å². The number of nitrogen functional groups attached to an aromatic ring is 1. The van der Waals surface area contributed by atoms with Crippen molar-refractivity contribution >= 4 is 28.5 Å². The van der Waals surface area contributed by atoms with Crippen molar-refractivity contribution in [3.63, 3.8) is 0 Å². The minimum atomic E-state index is -0.347. The number of esters is 1. The van der Waals surface area contributed by atoms with E-state index in [1.807, 2.05) is 12.1 Å². The minimum absolute atomic E-state index is 0.220. The van der Waals surface area contributed by atoms with Gasteiger partial charge in [-0.1, -0.05) is 12.1 Å². The molecular formula is C21H25N5O3. The maximum atomic E-state index is 11.9. The zero-order chi connectivity index (χ0) is 20.4. The number of ether oxygens (including phenoxy) is 1. The first-order chi connectivity index (χ1) is 14.1. The fraction of sp³-hybridized carbons (Fsp3) is 0.381. The van der Waals surface area contributed by atoms with Gasteiger partial charge in [-0.25, -0.2) is 14.8 Å². The van der Waals surface area contributed by atoms with Crippen LogP contribution in [0.15, 0.2) is 30.5 Å². The summed E-state index contributed by atoms with van der Waals surface area (Å²) in [6, 6.07) is 7.08. The lowest BCUT2D eigenvalue weighted by Gasteiger charge is -2.32. The molecule has 8 heteroatoms. The molecule has 1 saturated heterocycles. The van der Waals surface area contributed by atoms with Crippen molar-refractivity contribution in [2.75, 3.05) is 36.9 Å². The van der Waals surface area contributed by atoms with Crippen LogP contribution in [-0.2, 0) is 4.74 Å². The molecule has 1 aliphatic heterocycles. The number of hydrogen-bond acceptors (Lipinski definition) is 7. The molecule has 0 unspecified atom stereocenters. The van der Waals surface area contributed by atoms with E-state index in [4.69, 9.17) is 15.5 Å². The van der Waals surface area contributed by atoms with Gasteiger partial charge >= 0.3 is 5.97 Å². The SMILES string of the molecule is CCOC(=O)c1ccc(-c2nc(N3CCC(CO)CC3)c3c(N)c[nH]c3n2)cc1. The highest BCUT2D eigenvalue weighted by Gasteiger charge is 2.24. The lowest BCUT2D eigenvalue weighted by atomic mass is 9.98. The third-order valence-corrected chi connectivity index (χ3v) is 5.37. The number of aromatic amines is 1. The van der Waals surface area contributed by atoms with Crippen molar-refractivity contribution in [3.8, 4) is 11.4 Å². The molecule has 8 nitrogen and oxygen atoms in total. The van der Waals surface area contributed by atoms with E-state index in [9.17, 15) is 9.90 Å². The first kappa shape index (κ1) is 19.2. The number of aromatic nitrogens is 3. The lowest BCUT2D eigenvalue weighted by molar-refractivity contribution is 0.0526. The number of aliphatic hydroxyl groups excluding tert-OH is 1. The van der Waals surface area contributed by atoms with Crippen LogP contribution >= 0.6 is 0 Å². The van der Waals surface area contributed by atoms with Crippen LogP contribution in [0.25, 0.3) is 22.4 Å². The highest BCUT2D eigenvalue weighted by Crippen LogP contribution is 2.33. The van der Waals surface area contributed by atoms with E-state index in [0.29, 0.717) is 35.2 Å². The van der Waals surface area contributed by atoms with Gasteiger partial charge in [-0.2, -0.15) is 0 Å². The summed E-state index contributed by atoms with van der Waals surface area (Å²) in [5.41, 5.74) is 8.77. The number of H-pyrrole nitrogens is 1. The van der Waals surface area contributed by atoms with E-state index in [2.05, 4.69) is 14.9 Å². The molecule has 0 atom stereocenters. The molecule has 0 bridgehead atoms. The number of aliphatic hydroxyl groups is 1. The smallest absolute Gasteiger partial charge is 0.338 e. The first-order valence-corrected chi connectivity index (χ1v) is 9.88. The Balaban J connectivity index is 1.70. The zero-order valence-corrected chi connectivity index (χ0v) is 16.4. The number of piperidine rings is 1. The molecule has 3 heterocycles. The molecule has 29 heavy (non-hydrogen) atoms. The van der Waals surface area contributed by atoms with Crippen molar-refractivity contribution in [1.29, 1.82) is 0 Å². The molecule has 1 fully saturated rings. The summed E-state index contributed by atoms with van der Waals surface area (Å²) in [5.74, 6) is 1.35. The number of nitrogens with two attached hydrogens (primary N) is 1. The molecule has 0 saturated carbocycles. The van der Waals surface area contributed by atoms with Crippen LogP contribution in [0.5, 0.6) is 0 Å². The summed E-state index contributed by atoms with van der Waals surface area (Å²) in [6.45, 7) is 3.96. The Morgan fingerprint density at radius 1 is 1.28 bits per heavy atom. The highest BCUT2D eigenvalue weighted by atomic mass is 16.5. The largest absolute Gasteiger partial charge is 0.462 e. The van der Waals surface area contributed by atoms with Gasteiger partial charge in [0.1, 0.15) is 11.5 Å². The third kappa shape index (κ3) is 3.75. The quantitative estimate of drug-likeness (QED) is 0.568. The number of carbonyl (C=O) groups excluding carboxylic acids is 1. The van der Waals surface area contributed by atoms with E-state index in [0.717, 1.165) is 42.7 Å². The van der Waals surface area contributed by atoms with Crippen molar-refractivity contribution in [2.24, 2.45) is 5.92 Å². The minimum Gasteiger partial charge on any atom is -0.462 e. The van der Waals surface area contributed by atoms with Gasteiger partial charge in [0.2, 0.25) is 0 Å². The van der Waals surface area contributed by atoms with Crippen molar-refractivity contribution in [1.82, 2.24) is 15.0 Å². The summed E-state index contributed by atoms with van der Waals surface area (Å²) in [4.78, 5) is 26.7. The highest BCUT2D eigenvalue weighted by molar-refractivity contribution is 5.99. The summed E-state index contributed by atoms with van der Waals surface area (Å²) in [6.07, 6.45) is 3.56. The van der Waals surface area contributed by atoms with Crippen LogP contribution in [0.2, 0.25) is 0 Å². The Bertz CT molecular complexity index is 1010. The van der Waals surface area contributed by atoms with E-state index >= 15 is 0 Å². The number of fused-ring (bicyclic) bond motifs is 1. The van der Waals surface area contributed by atoms with Crippen LogP contribution in [0.4, 0.5) is 11.5 Å². The van der Waals surface area contributed by atoms with E-state index in [1.54, 1.807) is 25.3 Å². The zero-order valence-electron chi connectivity index (χ0n) is 16.4. The summed E-state index contributed by atoms with van der Waals surface area (Å²) in [5, 5.41) is 10.2. The second kappa shape index (κ2) is 8.08. The third-order valence-electron chi connectivity index (χ3n) is 5.37. The number of anilines is 2. The van der Waals surface area contributed by atoms with Gasteiger partial charge in [-0.15, -0.1) is 0 Å². The number of benzene rings is 1. The van der Waals surface area contributed by atoms with Crippen LogP contribution in [-0.4, -0.2) is 52.3 Å². The summed E-state index contributed by atoms with van der Waals surface area (Å²) >= 11 is 0. The Hall–Kier alpha value is -3.13. The normalized spacial score (nSPS) is 15.0. The molecule has 3 aromatic rings. The molecule has 4 N–H and O–H groups in total. The Morgan fingerprint density at radius 3 is 2.66 bits per heavy atom. The number of hydrogen-bond donors (Lipinski definition) is 3. The van der Waals surface area contributed by atoms with E-state index in [1.165, 1.54) is 0 Å². The molecular weight excluding hydrogens is 370 g/mol. The Labute approximate surface area is 168 Å². The molecule has 0 spiro atoms. The molecule has 2 aromatic heterocycles. The second-order valence-electron chi connectivity index (χ2n) is 7.25. The van der Waals surface area contributed by atoms with E-state index < -0.39 is 0 Å². The van der Waals surface area contributed by atoms with Crippen molar-refractivity contribution in [3.05, 3.63) is 36.0 Å². The lowest BCUT2D eigenvalue weighted by Crippen LogP contribution is -2.35. The van der Waals surface area contributed by atoms with Gasteiger partial charge in [0.25, 0.3) is 0 Å². The Kier molecular flexibility index (Phi) is 5.35. The van der Waals surface area contributed by atoms with Gasteiger partial charge in [0.15, 0.2) is 5.82 Å². The number of carbonyl (C=O) groups is 1. The van der Waals surface area contributed by atoms with Gasteiger partial charge in [0.05, 0.1) is 23.2 Å². The van der Waals surface area contributed by atoms with Crippen LogP contribution in [0.1, 0.15) is 30.1 Å². The predicted octanol–water partition coefficient (Wildman–Crippen LogP) is 2.59. The standard InChI is InChI=1S/C21H25N5O3/c1-2-29-21(28)15-5-3-14(4-6-15)18-24-19-17(16(22)11-23-19)20(25-18)26-9-7-13(12-27)8-10-26/h3-6,11,13,27H,2,7-10,12,22H2,1H3,(H,23,24,25). The molecule has 1 aliphatic rings. The number of nitrogens with zero attached hydrogens (tertiary/aromatic N) is 3. The van der Waals surface area contributed by atoms with Crippen LogP contribution < -0.4 is 10.6 Å². The summed E-state index contributed by atoms with van der Waals surface area (Å²) < 4.78 is 5.04. The molecule has 4 rings (SSSR count). The van der Waals surface area contributed by atoms with Gasteiger partial charge in [0, 0.05) is 31.5 Å². The molecule has 0 aliphatic carbocycles. The maximum absolute atomic E-state index is 11.9. The maximum Gasteiger partial charge on any atom is 0.338 e. The average Bonchev–Trinajstić information content (AvgIpc) is 3.14. The monoisotopic (exact) mass is 395 g/mol. The van der Waals surface area contributed by atoms with Crippen LogP contribution in [0.3, 0.4) is 0 Å².